The fraction of sp³-hybridized carbons (Fsp3) is 0.200. The molecule has 2 aromatic carbocycles. The topological polar surface area (TPSA) is 38.7 Å². The van der Waals surface area contributed by atoms with Crippen molar-refractivity contribution in [2.45, 2.75) is 13.0 Å². The number of fused-ring (bicyclic) bond motifs is 1. The third-order valence-electron chi connectivity index (χ3n) is 3.04. The number of ether oxygens (including phenoxy) is 2. The van der Waals surface area contributed by atoms with Gasteiger partial charge in [0.2, 0.25) is 0 Å². The number of hydrogen-bond acceptors (Lipinski definition) is 3. The second kappa shape index (κ2) is 4.26. The van der Waals surface area contributed by atoms with Crippen LogP contribution < -0.4 is 9.47 Å². The molecule has 0 spiro atoms. The summed E-state index contributed by atoms with van der Waals surface area (Å²) in [7, 11) is 0. The van der Waals surface area contributed by atoms with Gasteiger partial charge >= 0.3 is 0 Å². The molecule has 0 amide bonds. The summed E-state index contributed by atoms with van der Waals surface area (Å²) in [5, 5.41) is 9.37. The molecular formula is C15H14O3. The van der Waals surface area contributed by atoms with Crippen LogP contribution in [-0.2, 0) is 0 Å². The van der Waals surface area contributed by atoms with Gasteiger partial charge in [0.1, 0.15) is 12.4 Å². The molecule has 1 N–H and O–H groups in total. The lowest BCUT2D eigenvalue weighted by Crippen LogP contribution is -2.21. The van der Waals surface area contributed by atoms with Gasteiger partial charge in [0.05, 0.1) is 0 Å². The SMILES string of the molecule is Cc1ccc(C2COc3cc(O)ccc3O2)cc1. The fourth-order valence-corrected chi connectivity index (χ4v) is 2.01. The van der Waals surface area contributed by atoms with Crippen molar-refractivity contribution in [1.29, 1.82) is 0 Å². The summed E-state index contributed by atoms with van der Waals surface area (Å²) in [6.07, 6.45) is -0.0948. The Bertz CT molecular complexity index is 560. The Morgan fingerprint density at radius 3 is 2.61 bits per heavy atom. The highest BCUT2D eigenvalue weighted by Crippen LogP contribution is 2.38. The smallest absolute Gasteiger partial charge is 0.165 e. The highest BCUT2D eigenvalue weighted by Gasteiger charge is 2.22. The van der Waals surface area contributed by atoms with Crippen molar-refractivity contribution in [2.75, 3.05) is 6.61 Å². The van der Waals surface area contributed by atoms with Gasteiger partial charge in [0.25, 0.3) is 0 Å². The van der Waals surface area contributed by atoms with Crippen LogP contribution >= 0.6 is 0 Å². The monoisotopic (exact) mass is 242 g/mol. The van der Waals surface area contributed by atoms with Gasteiger partial charge in [-0.2, -0.15) is 0 Å². The van der Waals surface area contributed by atoms with Crippen LogP contribution in [0.4, 0.5) is 0 Å². The lowest BCUT2D eigenvalue weighted by Gasteiger charge is -2.26. The number of aromatic hydroxyl groups is 1. The van der Waals surface area contributed by atoms with Gasteiger partial charge in [-0.1, -0.05) is 29.8 Å². The molecule has 0 radical (unpaired) electrons. The third-order valence-corrected chi connectivity index (χ3v) is 3.04. The van der Waals surface area contributed by atoms with Crippen LogP contribution in [-0.4, -0.2) is 11.7 Å². The van der Waals surface area contributed by atoms with E-state index in [2.05, 4.69) is 31.2 Å². The molecule has 1 aliphatic heterocycles. The van der Waals surface area contributed by atoms with Gasteiger partial charge < -0.3 is 14.6 Å². The van der Waals surface area contributed by atoms with E-state index in [0.717, 1.165) is 5.56 Å². The first kappa shape index (κ1) is 11.0. The largest absolute Gasteiger partial charge is 0.508 e. The third kappa shape index (κ3) is 1.99. The van der Waals surface area contributed by atoms with Crippen molar-refractivity contribution in [3.63, 3.8) is 0 Å². The predicted molar refractivity (Wildman–Crippen MR) is 68.1 cm³/mol. The van der Waals surface area contributed by atoms with E-state index in [1.54, 1.807) is 18.2 Å². The summed E-state index contributed by atoms with van der Waals surface area (Å²) >= 11 is 0. The van der Waals surface area contributed by atoms with Crippen molar-refractivity contribution < 1.29 is 14.6 Å². The van der Waals surface area contributed by atoms with E-state index < -0.39 is 0 Å². The molecule has 18 heavy (non-hydrogen) atoms. The van der Waals surface area contributed by atoms with Crippen LogP contribution in [0, 0.1) is 6.92 Å². The molecule has 0 saturated carbocycles. The first-order chi connectivity index (χ1) is 8.72. The number of aryl methyl sites for hydroxylation is 1. The lowest BCUT2D eigenvalue weighted by atomic mass is 10.1. The van der Waals surface area contributed by atoms with Crippen molar-refractivity contribution in [3.05, 3.63) is 53.6 Å². The first-order valence-corrected chi connectivity index (χ1v) is 5.91. The molecule has 0 bridgehead atoms. The van der Waals surface area contributed by atoms with Gasteiger partial charge in [-0.05, 0) is 24.6 Å². The molecule has 0 saturated heterocycles. The molecule has 0 aromatic heterocycles. The van der Waals surface area contributed by atoms with Crippen LogP contribution in [0.15, 0.2) is 42.5 Å². The number of phenolic OH excluding ortho intramolecular Hbond substituents is 1. The van der Waals surface area contributed by atoms with E-state index in [9.17, 15) is 5.11 Å². The summed E-state index contributed by atoms with van der Waals surface area (Å²) in [6.45, 7) is 2.51. The van der Waals surface area contributed by atoms with Crippen LogP contribution in [0.1, 0.15) is 17.2 Å². The molecule has 3 rings (SSSR count). The minimum Gasteiger partial charge on any atom is -0.508 e. The molecule has 3 nitrogen and oxygen atoms in total. The maximum absolute atomic E-state index is 9.37. The van der Waals surface area contributed by atoms with Crippen molar-refractivity contribution in [2.24, 2.45) is 0 Å². The Morgan fingerprint density at radius 1 is 1.06 bits per heavy atom. The van der Waals surface area contributed by atoms with E-state index >= 15 is 0 Å². The van der Waals surface area contributed by atoms with E-state index in [-0.39, 0.29) is 11.9 Å². The molecule has 0 aliphatic carbocycles. The van der Waals surface area contributed by atoms with Crippen LogP contribution in [0.2, 0.25) is 0 Å². The Morgan fingerprint density at radius 2 is 1.83 bits per heavy atom. The average Bonchev–Trinajstić information content (AvgIpc) is 2.39. The molecule has 1 aliphatic rings. The number of rotatable bonds is 1. The zero-order valence-electron chi connectivity index (χ0n) is 10.1. The number of hydrogen-bond donors (Lipinski definition) is 1. The highest BCUT2D eigenvalue weighted by molar-refractivity contribution is 5.46. The molecular weight excluding hydrogens is 228 g/mol. The van der Waals surface area contributed by atoms with Crippen molar-refractivity contribution >= 4 is 0 Å². The molecule has 1 heterocycles. The second-order valence-electron chi connectivity index (χ2n) is 4.46. The van der Waals surface area contributed by atoms with Crippen LogP contribution in [0.5, 0.6) is 17.2 Å². The first-order valence-electron chi connectivity index (χ1n) is 5.91. The molecule has 1 unspecified atom stereocenters. The summed E-state index contributed by atoms with van der Waals surface area (Å²) in [5.74, 6) is 1.45. The lowest BCUT2D eigenvalue weighted by molar-refractivity contribution is 0.0909. The zero-order valence-corrected chi connectivity index (χ0v) is 10.1. The fourth-order valence-electron chi connectivity index (χ4n) is 2.01. The van der Waals surface area contributed by atoms with E-state index in [1.807, 2.05) is 0 Å². The minimum absolute atomic E-state index is 0.0948. The number of benzene rings is 2. The zero-order chi connectivity index (χ0) is 12.5. The van der Waals surface area contributed by atoms with E-state index in [0.29, 0.717) is 18.1 Å². The quantitative estimate of drug-likeness (QED) is 0.834. The Kier molecular flexibility index (Phi) is 2.59. The Labute approximate surface area is 106 Å². The van der Waals surface area contributed by atoms with Gasteiger partial charge in [-0.15, -0.1) is 0 Å². The Hall–Kier alpha value is -2.16. The number of phenols is 1. The van der Waals surface area contributed by atoms with Crippen molar-refractivity contribution in [1.82, 2.24) is 0 Å². The van der Waals surface area contributed by atoms with Crippen LogP contribution in [0.25, 0.3) is 0 Å². The van der Waals surface area contributed by atoms with Crippen LogP contribution in [0.3, 0.4) is 0 Å². The standard InChI is InChI=1S/C15H14O3/c1-10-2-4-11(5-3-10)15-9-17-14-8-12(16)6-7-13(14)18-15/h2-8,15-16H,9H2,1H3. The van der Waals surface area contributed by atoms with Crippen molar-refractivity contribution in [3.8, 4) is 17.2 Å². The van der Waals surface area contributed by atoms with E-state index in [1.165, 1.54) is 5.56 Å². The summed E-state index contributed by atoms with van der Waals surface area (Å²) in [6, 6.07) is 13.1. The average molecular weight is 242 g/mol. The summed E-state index contributed by atoms with van der Waals surface area (Å²) < 4.78 is 11.5. The minimum atomic E-state index is -0.0948. The van der Waals surface area contributed by atoms with Gasteiger partial charge in [-0.3, -0.25) is 0 Å². The Balaban J connectivity index is 1.86. The maximum Gasteiger partial charge on any atom is 0.165 e. The highest BCUT2D eigenvalue weighted by atomic mass is 16.6. The molecule has 2 aromatic rings. The predicted octanol–water partition coefficient (Wildman–Crippen LogP) is 3.21. The summed E-state index contributed by atoms with van der Waals surface area (Å²) in [5.41, 5.74) is 2.32. The molecule has 0 fully saturated rings. The molecule has 92 valence electrons. The maximum atomic E-state index is 9.37. The molecule has 1 atom stereocenters. The second-order valence-corrected chi connectivity index (χ2v) is 4.46. The van der Waals surface area contributed by atoms with E-state index in [4.69, 9.17) is 9.47 Å². The van der Waals surface area contributed by atoms with Gasteiger partial charge in [0.15, 0.2) is 17.6 Å². The van der Waals surface area contributed by atoms with Gasteiger partial charge in [-0.25, -0.2) is 0 Å². The normalized spacial score (nSPS) is 17.5. The van der Waals surface area contributed by atoms with Gasteiger partial charge in [0, 0.05) is 6.07 Å². The molecule has 3 heteroatoms. The summed E-state index contributed by atoms with van der Waals surface area (Å²) in [4.78, 5) is 0.